The van der Waals surface area contributed by atoms with Crippen LogP contribution in [-0.4, -0.2) is 18.8 Å². The van der Waals surface area contributed by atoms with Gasteiger partial charge < -0.3 is 10.5 Å². The van der Waals surface area contributed by atoms with Crippen LogP contribution < -0.4 is 5.73 Å². The van der Waals surface area contributed by atoms with E-state index in [4.69, 9.17) is 16.9 Å². The highest BCUT2D eigenvalue weighted by Gasteiger charge is 2.31. The quantitative estimate of drug-likeness (QED) is 0.599. The summed E-state index contributed by atoms with van der Waals surface area (Å²) in [6, 6.07) is 0. The predicted molar refractivity (Wildman–Crippen MR) is 47.6 cm³/mol. The fraction of sp³-hybridized carbons (Fsp3) is 0.750. The van der Waals surface area contributed by atoms with E-state index in [2.05, 4.69) is 5.92 Å². The molecule has 0 bridgehead atoms. The molecule has 0 amide bonds. The number of hydrogen-bond donors (Lipinski definition) is 1. The smallest absolute Gasteiger partial charge is 0.0796 e. The van der Waals surface area contributed by atoms with Crippen molar-refractivity contribution in [2.75, 3.05) is 13.2 Å². The van der Waals surface area contributed by atoms with Crippen LogP contribution in [0.25, 0.3) is 0 Å². The van der Waals surface area contributed by atoms with Crippen molar-refractivity contribution >= 4 is 12.4 Å². The second kappa shape index (κ2) is 3.96. The summed E-state index contributed by atoms with van der Waals surface area (Å²) in [6.07, 6.45) is 6.25. The highest BCUT2D eigenvalue weighted by atomic mass is 35.5. The van der Waals surface area contributed by atoms with Gasteiger partial charge in [-0.3, -0.25) is 0 Å². The summed E-state index contributed by atoms with van der Waals surface area (Å²) in [5.41, 5.74) is 5.33. The molecule has 2 N–H and O–H groups in total. The molecule has 2 atom stereocenters. The van der Waals surface area contributed by atoms with Gasteiger partial charge in [0.25, 0.3) is 0 Å². The number of terminal acetylenes is 1. The van der Waals surface area contributed by atoms with Crippen molar-refractivity contribution in [3.05, 3.63) is 0 Å². The SMILES string of the molecule is C#CC(C)(N)C1CCOC1.Cl. The lowest BCUT2D eigenvalue weighted by Crippen LogP contribution is -2.42. The van der Waals surface area contributed by atoms with Crippen LogP contribution >= 0.6 is 12.4 Å². The molecule has 0 aromatic carbocycles. The maximum Gasteiger partial charge on any atom is 0.0796 e. The third-order valence-electron chi connectivity index (χ3n) is 2.09. The summed E-state index contributed by atoms with van der Waals surface area (Å²) in [7, 11) is 0. The fourth-order valence-electron chi connectivity index (χ4n) is 1.13. The summed E-state index contributed by atoms with van der Waals surface area (Å²) in [5, 5.41) is 0. The van der Waals surface area contributed by atoms with Crippen LogP contribution in [0.2, 0.25) is 0 Å². The van der Waals surface area contributed by atoms with Crippen LogP contribution in [0.5, 0.6) is 0 Å². The normalized spacial score (nSPS) is 28.3. The fourth-order valence-corrected chi connectivity index (χ4v) is 1.13. The number of ether oxygens (including phenoxy) is 1. The van der Waals surface area contributed by atoms with Gasteiger partial charge in [0.2, 0.25) is 0 Å². The lowest BCUT2D eigenvalue weighted by Gasteiger charge is -2.23. The van der Waals surface area contributed by atoms with Crippen LogP contribution in [0.4, 0.5) is 0 Å². The average molecular weight is 176 g/mol. The molecule has 2 unspecified atom stereocenters. The molecule has 11 heavy (non-hydrogen) atoms. The highest BCUT2D eigenvalue weighted by Crippen LogP contribution is 2.22. The lowest BCUT2D eigenvalue weighted by molar-refractivity contribution is 0.176. The summed E-state index contributed by atoms with van der Waals surface area (Å²) >= 11 is 0. The number of rotatable bonds is 1. The van der Waals surface area contributed by atoms with E-state index in [-0.39, 0.29) is 12.4 Å². The number of nitrogens with two attached hydrogens (primary N) is 1. The first-order valence-corrected chi connectivity index (χ1v) is 3.51. The molecule has 1 heterocycles. The van der Waals surface area contributed by atoms with Gasteiger partial charge in [-0.2, -0.15) is 0 Å². The van der Waals surface area contributed by atoms with E-state index in [0.717, 1.165) is 19.6 Å². The highest BCUT2D eigenvalue weighted by molar-refractivity contribution is 5.85. The van der Waals surface area contributed by atoms with Gasteiger partial charge in [-0.15, -0.1) is 18.8 Å². The molecule has 0 saturated carbocycles. The van der Waals surface area contributed by atoms with E-state index in [1.54, 1.807) is 0 Å². The second-order valence-corrected chi connectivity index (χ2v) is 2.99. The third kappa shape index (κ3) is 2.37. The van der Waals surface area contributed by atoms with Crippen molar-refractivity contribution in [3.8, 4) is 12.3 Å². The molecule has 0 aliphatic carbocycles. The standard InChI is InChI=1S/C8H13NO.ClH/c1-3-8(2,9)7-4-5-10-6-7;/h1,7H,4-6,9H2,2H3;1H. The number of hydrogen-bond acceptors (Lipinski definition) is 2. The monoisotopic (exact) mass is 175 g/mol. The molecule has 64 valence electrons. The van der Waals surface area contributed by atoms with Gasteiger partial charge in [-0.25, -0.2) is 0 Å². The Morgan fingerprint density at radius 2 is 2.36 bits per heavy atom. The van der Waals surface area contributed by atoms with Crippen LogP contribution in [0.3, 0.4) is 0 Å². The van der Waals surface area contributed by atoms with E-state index in [9.17, 15) is 0 Å². The Kier molecular flexibility index (Phi) is 3.88. The van der Waals surface area contributed by atoms with E-state index < -0.39 is 5.54 Å². The molecule has 1 fully saturated rings. The Morgan fingerprint density at radius 1 is 1.73 bits per heavy atom. The molecule has 1 rings (SSSR count). The molecule has 0 aromatic heterocycles. The first-order chi connectivity index (χ1) is 4.67. The van der Waals surface area contributed by atoms with Crippen molar-refractivity contribution in [2.45, 2.75) is 18.9 Å². The maximum absolute atomic E-state index is 5.81. The van der Waals surface area contributed by atoms with Crippen molar-refractivity contribution in [2.24, 2.45) is 11.7 Å². The first-order valence-electron chi connectivity index (χ1n) is 3.51. The Balaban J connectivity index is 0.000001000. The Labute approximate surface area is 73.9 Å². The minimum atomic E-state index is -0.476. The minimum Gasteiger partial charge on any atom is -0.381 e. The van der Waals surface area contributed by atoms with Gasteiger partial charge in [0.15, 0.2) is 0 Å². The molecule has 0 spiro atoms. The zero-order valence-electron chi connectivity index (χ0n) is 6.67. The molecular formula is C8H14ClNO. The maximum atomic E-state index is 5.81. The topological polar surface area (TPSA) is 35.2 Å². The van der Waals surface area contributed by atoms with Gasteiger partial charge in [0.05, 0.1) is 12.1 Å². The molecule has 2 nitrogen and oxygen atoms in total. The summed E-state index contributed by atoms with van der Waals surface area (Å²) in [4.78, 5) is 0. The minimum absolute atomic E-state index is 0. The first kappa shape index (κ1) is 10.8. The average Bonchev–Trinajstić information content (AvgIpc) is 2.38. The lowest BCUT2D eigenvalue weighted by atomic mass is 9.87. The molecule has 0 aromatic rings. The summed E-state index contributed by atoms with van der Waals surface area (Å²) in [5.74, 6) is 2.93. The Bertz CT molecular complexity index is 156. The van der Waals surface area contributed by atoms with Crippen molar-refractivity contribution in [1.82, 2.24) is 0 Å². The van der Waals surface area contributed by atoms with E-state index in [1.165, 1.54) is 0 Å². The third-order valence-corrected chi connectivity index (χ3v) is 2.09. The molecule has 1 saturated heterocycles. The van der Waals surface area contributed by atoms with Gasteiger partial charge in [-0.05, 0) is 13.3 Å². The van der Waals surface area contributed by atoms with Crippen molar-refractivity contribution < 1.29 is 4.74 Å². The van der Waals surface area contributed by atoms with Crippen molar-refractivity contribution in [1.29, 1.82) is 0 Å². The van der Waals surface area contributed by atoms with E-state index in [1.807, 2.05) is 6.92 Å². The van der Waals surface area contributed by atoms with E-state index >= 15 is 0 Å². The van der Waals surface area contributed by atoms with Crippen LogP contribution in [0.1, 0.15) is 13.3 Å². The largest absolute Gasteiger partial charge is 0.381 e. The van der Waals surface area contributed by atoms with Crippen LogP contribution in [0.15, 0.2) is 0 Å². The van der Waals surface area contributed by atoms with Gasteiger partial charge in [0, 0.05) is 12.5 Å². The zero-order valence-corrected chi connectivity index (χ0v) is 7.49. The molecular weight excluding hydrogens is 162 g/mol. The molecule has 0 radical (unpaired) electrons. The van der Waals surface area contributed by atoms with Gasteiger partial charge >= 0.3 is 0 Å². The molecule has 1 aliphatic rings. The van der Waals surface area contributed by atoms with Crippen LogP contribution in [0, 0.1) is 18.3 Å². The predicted octanol–water partition coefficient (Wildman–Crippen LogP) is 0.795. The van der Waals surface area contributed by atoms with E-state index in [0.29, 0.717) is 5.92 Å². The summed E-state index contributed by atoms with van der Waals surface area (Å²) in [6.45, 7) is 3.41. The van der Waals surface area contributed by atoms with Crippen molar-refractivity contribution in [3.63, 3.8) is 0 Å². The Morgan fingerprint density at radius 3 is 2.73 bits per heavy atom. The number of halogens is 1. The second-order valence-electron chi connectivity index (χ2n) is 2.99. The molecule has 3 heteroatoms. The van der Waals surface area contributed by atoms with Crippen LogP contribution in [-0.2, 0) is 4.74 Å². The Hall–Kier alpha value is -0.230. The zero-order chi connectivity index (χ0) is 7.61. The summed E-state index contributed by atoms with van der Waals surface area (Å²) < 4.78 is 5.17. The molecule has 1 aliphatic heterocycles. The van der Waals surface area contributed by atoms with Gasteiger partial charge in [0.1, 0.15) is 0 Å². The van der Waals surface area contributed by atoms with Gasteiger partial charge in [-0.1, -0.05) is 5.92 Å².